The number of rotatable bonds is 6. The van der Waals surface area contributed by atoms with Crippen LogP contribution in [0.15, 0.2) is 30.3 Å². The first-order chi connectivity index (χ1) is 9.24. The highest BCUT2D eigenvalue weighted by molar-refractivity contribution is 5.92. The van der Waals surface area contributed by atoms with Gasteiger partial charge in [0.25, 0.3) is 0 Å². The first kappa shape index (κ1) is 14.0. The summed E-state index contributed by atoms with van der Waals surface area (Å²) in [6.45, 7) is 5.92. The number of carbonyl (C=O) groups is 1. The second-order valence-electron chi connectivity index (χ2n) is 5.20. The number of para-hydroxylation sites is 1. The molecule has 0 saturated carbocycles. The number of nitrogens with one attached hydrogen (secondary N) is 2. The van der Waals surface area contributed by atoms with Gasteiger partial charge in [0.2, 0.25) is 5.91 Å². The zero-order valence-electron chi connectivity index (χ0n) is 11.6. The van der Waals surface area contributed by atoms with Gasteiger partial charge in [0.15, 0.2) is 0 Å². The number of likely N-dealkylation sites (tertiary alicyclic amines) is 1. The predicted molar refractivity (Wildman–Crippen MR) is 78.2 cm³/mol. The topological polar surface area (TPSA) is 44.4 Å². The molecular formula is C15H23N3O. The average molecular weight is 261 g/mol. The zero-order valence-corrected chi connectivity index (χ0v) is 11.6. The van der Waals surface area contributed by atoms with Crippen LogP contribution in [-0.4, -0.2) is 43.0 Å². The molecule has 1 atom stereocenters. The first-order valence-electron chi connectivity index (χ1n) is 7.04. The molecule has 1 aliphatic rings. The summed E-state index contributed by atoms with van der Waals surface area (Å²) >= 11 is 0. The van der Waals surface area contributed by atoms with Gasteiger partial charge in [0, 0.05) is 18.3 Å². The molecule has 1 heterocycles. The molecule has 0 aliphatic carbocycles. The van der Waals surface area contributed by atoms with E-state index in [9.17, 15) is 4.79 Å². The number of hydrogen-bond donors (Lipinski definition) is 2. The SMILES string of the molecule is CC(CN1CCCC1)NCC(=O)Nc1ccccc1. The molecule has 1 unspecified atom stereocenters. The van der Waals surface area contributed by atoms with Crippen molar-refractivity contribution < 1.29 is 4.79 Å². The van der Waals surface area contributed by atoms with E-state index in [0.717, 1.165) is 12.2 Å². The molecule has 1 aliphatic heterocycles. The number of amides is 1. The first-order valence-corrected chi connectivity index (χ1v) is 7.04. The second-order valence-corrected chi connectivity index (χ2v) is 5.20. The lowest BCUT2D eigenvalue weighted by Crippen LogP contribution is -2.41. The highest BCUT2D eigenvalue weighted by atomic mass is 16.1. The molecule has 0 aromatic heterocycles. The number of nitrogens with zero attached hydrogens (tertiary/aromatic N) is 1. The van der Waals surface area contributed by atoms with Crippen molar-refractivity contribution in [3.05, 3.63) is 30.3 Å². The summed E-state index contributed by atoms with van der Waals surface area (Å²) < 4.78 is 0. The Kier molecular flexibility index (Phi) is 5.36. The van der Waals surface area contributed by atoms with Crippen LogP contribution in [-0.2, 0) is 4.79 Å². The van der Waals surface area contributed by atoms with E-state index in [1.54, 1.807) is 0 Å². The minimum Gasteiger partial charge on any atom is -0.325 e. The van der Waals surface area contributed by atoms with E-state index in [4.69, 9.17) is 0 Å². The summed E-state index contributed by atoms with van der Waals surface area (Å²) in [5.41, 5.74) is 0.849. The van der Waals surface area contributed by atoms with E-state index in [-0.39, 0.29) is 5.91 Å². The highest BCUT2D eigenvalue weighted by Gasteiger charge is 2.14. The minimum absolute atomic E-state index is 0.0134. The summed E-state index contributed by atoms with van der Waals surface area (Å²) in [6.07, 6.45) is 2.61. The number of anilines is 1. The van der Waals surface area contributed by atoms with Crippen LogP contribution in [0.2, 0.25) is 0 Å². The van der Waals surface area contributed by atoms with Crippen LogP contribution < -0.4 is 10.6 Å². The molecule has 0 radical (unpaired) electrons. The fourth-order valence-electron chi connectivity index (χ4n) is 2.41. The smallest absolute Gasteiger partial charge is 0.238 e. The standard InChI is InChI=1S/C15H23N3O/c1-13(12-18-9-5-6-10-18)16-11-15(19)17-14-7-3-2-4-8-14/h2-4,7-8,13,16H,5-6,9-12H2,1H3,(H,17,19). The van der Waals surface area contributed by atoms with Gasteiger partial charge >= 0.3 is 0 Å². The Balaban J connectivity index is 1.65. The lowest BCUT2D eigenvalue weighted by molar-refractivity contribution is -0.115. The van der Waals surface area contributed by atoms with Gasteiger partial charge in [0.05, 0.1) is 6.54 Å². The van der Waals surface area contributed by atoms with Gasteiger partial charge in [-0.25, -0.2) is 0 Å². The summed E-state index contributed by atoms with van der Waals surface area (Å²) in [6, 6.07) is 9.90. The van der Waals surface area contributed by atoms with Crippen LogP contribution in [0, 0.1) is 0 Å². The summed E-state index contributed by atoms with van der Waals surface area (Å²) in [7, 11) is 0. The Labute approximate surface area is 115 Å². The molecule has 1 amide bonds. The fraction of sp³-hybridized carbons (Fsp3) is 0.533. The minimum atomic E-state index is 0.0134. The molecule has 2 N–H and O–H groups in total. The van der Waals surface area contributed by atoms with Crippen LogP contribution in [0.3, 0.4) is 0 Å². The van der Waals surface area contributed by atoms with Crippen molar-refractivity contribution >= 4 is 11.6 Å². The predicted octanol–water partition coefficient (Wildman–Crippen LogP) is 1.70. The van der Waals surface area contributed by atoms with Gasteiger partial charge in [-0.3, -0.25) is 4.79 Å². The fourth-order valence-corrected chi connectivity index (χ4v) is 2.41. The molecular weight excluding hydrogens is 238 g/mol. The van der Waals surface area contributed by atoms with Gasteiger partial charge in [-0.2, -0.15) is 0 Å². The molecule has 0 bridgehead atoms. The average Bonchev–Trinajstić information content (AvgIpc) is 2.90. The lowest BCUT2D eigenvalue weighted by Gasteiger charge is -2.21. The lowest BCUT2D eigenvalue weighted by atomic mass is 10.3. The normalized spacial score (nSPS) is 17.3. The Morgan fingerprint density at radius 3 is 2.63 bits per heavy atom. The maximum atomic E-state index is 11.8. The highest BCUT2D eigenvalue weighted by Crippen LogP contribution is 2.07. The van der Waals surface area contributed by atoms with E-state index in [1.165, 1.54) is 25.9 Å². The van der Waals surface area contributed by atoms with Crippen molar-refractivity contribution in [2.75, 3.05) is 31.5 Å². The van der Waals surface area contributed by atoms with E-state index < -0.39 is 0 Å². The van der Waals surface area contributed by atoms with Crippen molar-refractivity contribution in [3.8, 4) is 0 Å². The van der Waals surface area contributed by atoms with Gasteiger partial charge in [-0.1, -0.05) is 18.2 Å². The Morgan fingerprint density at radius 2 is 1.95 bits per heavy atom. The van der Waals surface area contributed by atoms with Crippen LogP contribution in [0.1, 0.15) is 19.8 Å². The van der Waals surface area contributed by atoms with Crippen LogP contribution in [0.4, 0.5) is 5.69 Å². The largest absolute Gasteiger partial charge is 0.325 e. The van der Waals surface area contributed by atoms with E-state index in [2.05, 4.69) is 22.5 Å². The van der Waals surface area contributed by atoms with Crippen LogP contribution >= 0.6 is 0 Å². The maximum absolute atomic E-state index is 11.8. The summed E-state index contributed by atoms with van der Waals surface area (Å²) in [5, 5.41) is 6.15. The third kappa shape index (κ3) is 5.01. The van der Waals surface area contributed by atoms with Crippen molar-refractivity contribution in [2.45, 2.75) is 25.8 Å². The van der Waals surface area contributed by atoms with Crippen molar-refractivity contribution in [1.29, 1.82) is 0 Å². The molecule has 0 spiro atoms. The quantitative estimate of drug-likeness (QED) is 0.819. The van der Waals surface area contributed by atoms with E-state index in [0.29, 0.717) is 12.6 Å². The van der Waals surface area contributed by atoms with E-state index in [1.807, 2.05) is 30.3 Å². The second kappa shape index (κ2) is 7.26. The van der Waals surface area contributed by atoms with Gasteiger partial charge in [-0.05, 0) is 45.0 Å². The van der Waals surface area contributed by atoms with Crippen molar-refractivity contribution in [2.24, 2.45) is 0 Å². The molecule has 19 heavy (non-hydrogen) atoms. The zero-order chi connectivity index (χ0) is 13.5. The molecule has 4 heteroatoms. The molecule has 1 saturated heterocycles. The molecule has 104 valence electrons. The molecule has 1 fully saturated rings. The van der Waals surface area contributed by atoms with Crippen molar-refractivity contribution in [3.63, 3.8) is 0 Å². The van der Waals surface area contributed by atoms with Crippen LogP contribution in [0.25, 0.3) is 0 Å². The number of carbonyl (C=O) groups excluding carboxylic acids is 1. The summed E-state index contributed by atoms with van der Waals surface area (Å²) in [5.74, 6) is 0.0134. The molecule has 2 rings (SSSR count). The third-order valence-electron chi connectivity index (χ3n) is 3.40. The van der Waals surface area contributed by atoms with E-state index >= 15 is 0 Å². The molecule has 4 nitrogen and oxygen atoms in total. The maximum Gasteiger partial charge on any atom is 0.238 e. The monoisotopic (exact) mass is 261 g/mol. The number of hydrogen-bond acceptors (Lipinski definition) is 3. The molecule has 1 aromatic rings. The van der Waals surface area contributed by atoms with Crippen molar-refractivity contribution in [1.82, 2.24) is 10.2 Å². The van der Waals surface area contributed by atoms with Crippen LogP contribution in [0.5, 0.6) is 0 Å². The molecule has 1 aromatic carbocycles. The Hall–Kier alpha value is -1.39. The Morgan fingerprint density at radius 1 is 1.26 bits per heavy atom. The Bertz CT molecular complexity index is 388. The van der Waals surface area contributed by atoms with Gasteiger partial charge in [-0.15, -0.1) is 0 Å². The van der Waals surface area contributed by atoms with Gasteiger partial charge < -0.3 is 15.5 Å². The third-order valence-corrected chi connectivity index (χ3v) is 3.40. The summed E-state index contributed by atoms with van der Waals surface area (Å²) in [4.78, 5) is 14.2. The van der Waals surface area contributed by atoms with Gasteiger partial charge in [0.1, 0.15) is 0 Å². The number of benzene rings is 1.